The fourth-order valence-corrected chi connectivity index (χ4v) is 0. The van der Waals surface area contributed by atoms with Gasteiger partial charge in [-0.3, -0.25) is 0 Å². The van der Waals surface area contributed by atoms with Crippen molar-refractivity contribution in [1.82, 2.24) is 0 Å². The van der Waals surface area contributed by atoms with Crippen molar-refractivity contribution in [2.45, 2.75) is 0 Å². The van der Waals surface area contributed by atoms with Gasteiger partial charge in [-0.15, -0.1) is 0 Å². The van der Waals surface area contributed by atoms with Crippen LogP contribution in [-0.2, 0) is 17.1 Å². The molecule has 33 valence electrons. The fraction of sp³-hybridized carbons (Fsp3) is 0. The molecule has 0 aliphatic heterocycles. The van der Waals surface area contributed by atoms with Gasteiger partial charge < -0.3 is 10.2 Å². The molecule has 0 aromatic rings. The summed E-state index contributed by atoms with van der Waals surface area (Å²) in [6.45, 7) is 0. The largest absolute Gasteiger partial charge is 0 e. The molecule has 0 atom stereocenters. The van der Waals surface area contributed by atoms with Gasteiger partial charge in [0.25, 0.3) is 0 Å². The number of carbonyl (C=O) groups is 1. The molecular weight excluding hydrogens is 122 g/mol. The topological polar surface area (TPSA) is 57.5 Å². The standard InChI is InChI=1S/CH2O3.Li.Mn.H/c2-1(3)4;;;/h(H2,2,3,4);;;. The van der Waals surface area contributed by atoms with Crippen molar-refractivity contribution < 1.29 is 32.1 Å². The molecule has 0 unspecified atom stereocenters. The second-order valence-electron chi connectivity index (χ2n) is 0.283. The Hall–Kier alpha value is 0.387. The Morgan fingerprint density at radius 3 is 1.33 bits per heavy atom. The number of carboxylic acid groups (broad SMARTS) is 2. The molecule has 0 aromatic heterocycles. The zero-order valence-electron chi connectivity index (χ0n) is 2.18. The summed E-state index contributed by atoms with van der Waals surface area (Å²) in [5, 5.41) is 13.9. The molecule has 1 radical (unpaired) electrons. The van der Waals surface area contributed by atoms with Crippen molar-refractivity contribution in [3.05, 3.63) is 0 Å². The van der Waals surface area contributed by atoms with Crippen LogP contribution in [0.25, 0.3) is 0 Å². The molecule has 0 fully saturated rings. The zero-order chi connectivity index (χ0) is 3.58. The van der Waals surface area contributed by atoms with E-state index in [4.69, 9.17) is 15.0 Å². The van der Waals surface area contributed by atoms with E-state index in [-0.39, 0.29) is 35.9 Å². The summed E-state index contributed by atoms with van der Waals surface area (Å²) in [5.41, 5.74) is 0. The Morgan fingerprint density at radius 1 is 1.33 bits per heavy atom. The predicted molar refractivity (Wildman–Crippen MR) is 17.8 cm³/mol. The van der Waals surface area contributed by atoms with Crippen LogP contribution in [0.3, 0.4) is 0 Å². The Bertz CT molecular complexity index is 33.8. The quantitative estimate of drug-likeness (QED) is 0.432. The van der Waals surface area contributed by atoms with E-state index in [2.05, 4.69) is 0 Å². The fourth-order valence-electron chi connectivity index (χ4n) is 0. The molecule has 0 aromatic carbocycles. The molecule has 6 heavy (non-hydrogen) atoms. The third kappa shape index (κ3) is 336. The van der Waals surface area contributed by atoms with Crippen LogP contribution in [-0.4, -0.2) is 35.2 Å². The minimum atomic E-state index is -1.83. The minimum absolute atomic E-state index is 0. The zero-order valence-corrected chi connectivity index (χ0v) is 3.36. The van der Waals surface area contributed by atoms with Crippen LogP contribution < -0.4 is 0 Å². The monoisotopic (exact) mass is 125 g/mol. The van der Waals surface area contributed by atoms with Gasteiger partial charge in [-0.1, -0.05) is 0 Å². The van der Waals surface area contributed by atoms with Crippen LogP contribution >= 0.6 is 0 Å². The van der Waals surface area contributed by atoms with E-state index in [0.29, 0.717) is 0 Å². The predicted octanol–water partition coefficient (Wildman–Crippen LogP) is -0.429. The van der Waals surface area contributed by atoms with Crippen molar-refractivity contribution >= 4 is 25.0 Å². The number of hydrogen-bond acceptors (Lipinski definition) is 1. The maximum Gasteiger partial charge on any atom is 0 e. The summed E-state index contributed by atoms with van der Waals surface area (Å²) in [7, 11) is 0. The SMILES string of the molecule is O=C(O)O.[LiH].[Mn]. The van der Waals surface area contributed by atoms with Crippen molar-refractivity contribution in [1.29, 1.82) is 0 Å². The third-order valence-corrected chi connectivity index (χ3v) is 0. The first-order valence-corrected chi connectivity index (χ1v) is 0.651. The van der Waals surface area contributed by atoms with Gasteiger partial charge in [0.1, 0.15) is 0 Å². The van der Waals surface area contributed by atoms with E-state index in [1.165, 1.54) is 0 Å². The molecule has 0 bridgehead atoms. The van der Waals surface area contributed by atoms with E-state index in [9.17, 15) is 0 Å². The molecule has 0 saturated carbocycles. The summed E-state index contributed by atoms with van der Waals surface area (Å²) in [4.78, 5) is 8.56. The third-order valence-electron chi connectivity index (χ3n) is 0. The molecule has 5 heteroatoms. The molecule has 0 amide bonds. The van der Waals surface area contributed by atoms with Crippen molar-refractivity contribution in [2.24, 2.45) is 0 Å². The second kappa shape index (κ2) is 9.04. The van der Waals surface area contributed by atoms with Crippen LogP contribution in [0, 0.1) is 0 Å². The van der Waals surface area contributed by atoms with Crippen molar-refractivity contribution in [3.63, 3.8) is 0 Å². The van der Waals surface area contributed by atoms with Gasteiger partial charge in [0, 0.05) is 17.1 Å². The Kier molecular flexibility index (Phi) is 24.3. The van der Waals surface area contributed by atoms with Crippen LogP contribution in [0.1, 0.15) is 0 Å². The molecular formula is CH3LiMnO3. The Morgan fingerprint density at radius 2 is 1.33 bits per heavy atom. The van der Waals surface area contributed by atoms with Gasteiger partial charge >= 0.3 is 25.0 Å². The van der Waals surface area contributed by atoms with E-state index < -0.39 is 6.16 Å². The van der Waals surface area contributed by atoms with E-state index in [1.807, 2.05) is 0 Å². The summed E-state index contributed by atoms with van der Waals surface area (Å²) < 4.78 is 0. The van der Waals surface area contributed by atoms with Gasteiger partial charge in [-0.25, -0.2) is 4.79 Å². The molecule has 0 rings (SSSR count). The Labute approximate surface area is 57.4 Å². The van der Waals surface area contributed by atoms with Crippen LogP contribution in [0.4, 0.5) is 4.79 Å². The van der Waals surface area contributed by atoms with Crippen molar-refractivity contribution in [2.75, 3.05) is 0 Å². The summed E-state index contributed by atoms with van der Waals surface area (Å²) in [6.07, 6.45) is -1.83. The van der Waals surface area contributed by atoms with Gasteiger partial charge in [0.2, 0.25) is 0 Å². The van der Waals surface area contributed by atoms with Crippen LogP contribution in [0.15, 0.2) is 0 Å². The smallest absolute Gasteiger partial charge is 0 e. The average molecular weight is 125 g/mol. The number of rotatable bonds is 0. The molecule has 0 saturated heterocycles. The molecule has 0 heterocycles. The maximum absolute atomic E-state index is 8.56. The van der Waals surface area contributed by atoms with Crippen LogP contribution in [0.2, 0.25) is 0 Å². The summed E-state index contributed by atoms with van der Waals surface area (Å²) in [6, 6.07) is 0. The average Bonchev–Trinajstić information content (AvgIpc) is 0.811. The van der Waals surface area contributed by atoms with Gasteiger partial charge in [-0.05, 0) is 0 Å². The number of hydrogen-bond donors (Lipinski definition) is 2. The van der Waals surface area contributed by atoms with E-state index in [0.717, 1.165) is 0 Å². The summed E-state index contributed by atoms with van der Waals surface area (Å²) >= 11 is 0. The molecule has 0 aliphatic carbocycles. The minimum Gasteiger partial charge on any atom is 0 e. The summed E-state index contributed by atoms with van der Waals surface area (Å²) in [5.74, 6) is 0. The van der Waals surface area contributed by atoms with E-state index >= 15 is 0 Å². The molecule has 3 nitrogen and oxygen atoms in total. The molecule has 0 spiro atoms. The molecule has 0 aliphatic rings. The first-order valence-electron chi connectivity index (χ1n) is 0.651. The molecule has 2 N–H and O–H groups in total. The normalized spacial score (nSPS) is 4.00. The maximum atomic E-state index is 8.56. The van der Waals surface area contributed by atoms with Crippen LogP contribution in [0.5, 0.6) is 0 Å². The van der Waals surface area contributed by atoms with E-state index in [1.54, 1.807) is 0 Å². The Balaban J connectivity index is -0.0000000450. The second-order valence-corrected chi connectivity index (χ2v) is 0.283. The van der Waals surface area contributed by atoms with Gasteiger partial charge in [-0.2, -0.15) is 0 Å². The van der Waals surface area contributed by atoms with Crippen molar-refractivity contribution in [3.8, 4) is 0 Å². The first-order chi connectivity index (χ1) is 1.73. The van der Waals surface area contributed by atoms with Gasteiger partial charge in [0.15, 0.2) is 0 Å². The van der Waals surface area contributed by atoms with Gasteiger partial charge in [0.05, 0.1) is 0 Å². The first kappa shape index (κ1) is 16.2.